The van der Waals surface area contributed by atoms with Crippen LogP contribution in [-0.4, -0.2) is 68.9 Å². The third kappa shape index (κ3) is 6.47. The number of methoxy groups -OCH3 is 3. The number of aliphatic hydroxyl groups excluding tert-OH is 1. The molecule has 0 aliphatic carbocycles. The molecular weight excluding hydrogens is 502 g/mol. The minimum atomic E-state index is -0.880. The Balaban J connectivity index is 2.15. The lowest BCUT2D eigenvalue weighted by Crippen LogP contribution is -2.31. The number of Topliss-reactive ketones (excluding diaryl/α,β-unsaturated/α-hetero) is 1. The summed E-state index contributed by atoms with van der Waals surface area (Å²) in [6, 6.07) is 7.69. The molecule has 1 saturated heterocycles. The summed E-state index contributed by atoms with van der Waals surface area (Å²) < 4.78 is 27.9. The highest BCUT2D eigenvalue weighted by atomic mass is 16.5. The van der Waals surface area contributed by atoms with E-state index in [1.807, 2.05) is 27.7 Å². The first-order valence-electron chi connectivity index (χ1n) is 13.1. The summed E-state index contributed by atoms with van der Waals surface area (Å²) in [6.07, 6.45) is 1.41. The van der Waals surface area contributed by atoms with Gasteiger partial charge in [0.2, 0.25) is 5.75 Å². The number of hydrogen-bond acceptors (Lipinski definition) is 8. The third-order valence-electron chi connectivity index (χ3n) is 6.45. The molecule has 1 fully saturated rings. The Labute approximate surface area is 230 Å². The number of aryl methyl sites for hydroxylation is 1. The van der Waals surface area contributed by atoms with Gasteiger partial charge < -0.3 is 33.7 Å². The standard InChI is InChI=1S/C30H39NO8/c1-8-13-39-22-11-10-20(15-19(22)4)27(32)25-26(21-16-23(35-5)29(37-7)24(17-21)36-6)31(30(34)28(25)33)12-9-14-38-18(2)3/h10-11,15-18,26,32H,8-9,12-14H2,1-7H3/b27-25+. The highest BCUT2D eigenvalue weighted by Gasteiger charge is 2.46. The highest BCUT2D eigenvalue weighted by molar-refractivity contribution is 6.46. The maximum absolute atomic E-state index is 13.4. The van der Waals surface area contributed by atoms with Gasteiger partial charge in [-0.25, -0.2) is 0 Å². The Morgan fingerprint density at radius 2 is 1.64 bits per heavy atom. The van der Waals surface area contributed by atoms with Crippen LogP contribution in [0.15, 0.2) is 35.9 Å². The fourth-order valence-corrected chi connectivity index (χ4v) is 4.60. The Hall–Kier alpha value is -3.72. The second kappa shape index (κ2) is 13.4. The minimum absolute atomic E-state index is 0.0133. The molecule has 0 aromatic heterocycles. The summed E-state index contributed by atoms with van der Waals surface area (Å²) >= 11 is 0. The van der Waals surface area contributed by atoms with Gasteiger partial charge in [-0.15, -0.1) is 0 Å². The van der Waals surface area contributed by atoms with Crippen LogP contribution in [0.3, 0.4) is 0 Å². The van der Waals surface area contributed by atoms with Crippen molar-refractivity contribution in [3.8, 4) is 23.0 Å². The molecule has 212 valence electrons. The van der Waals surface area contributed by atoms with E-state index in [0.717, 1.165) is 12.0 Å². The summed E-state index contributed by atoms with van der Waals surface area (Å²) in [7, 11) is 4.48. The molecule has 1 N–H and O–H groups in total. The Kier molecular flexibility index (Phi) is 10.2. The molecule has 0 saturated carbocycles. The van der Waals surface area contributed by atoms with Crippen molar-refractivity contribution in [1.29, 1.82) is 0 Å². The molecule has 1 unspecified atom stereocenters. The summed E-state index contributed by atoms with van der Waals surface area (Å²) in [6.45, 7) is 8.99. The molecule has 39 heavy (non-hydrogen) atoms. The van der Waals surface area contributed by atoms with Crippen LogP contribution in [0.25, 0.3) is 5.76 Å². The van der Waals surface area contributed by atoms with E-state index in [1.165, 1.54) is 26.2 Å². The van der Waals surface area contributed by atoms with Crippen molar-refractivity contribution in [1.82, 2.24) is 4.90 Å². The SMILES string of the molecule is CCCOc1ccc(/C(O)=C2\C(=O)C(=O)N(CCCOC(C)C)C2c2cc(OC)c(OC)c(OC)c2)cc1C. The molecule has 2 aromatic carbocycles. The monoisotopic (exact) mass is 541 g/mol. The number of rotatable bonds is 13. The lowest BCUT2D eigenvalue weighted by Gasteiger charge is -2.26. The topological polar surface area (TPSA) is 104 Å². The van der Waals surface area contributed by atoms with Crippen molar-refractivity contribution >= 4 is 17.4 Å². The zero-order valence-corrected chi connectivity index (χ0v) is 23.8. The lowest BCUT2D eigenvalue weighted by atomic mass is 9.94. The molecule has 3 rings (SSSR count). The normalized spacial score (nSPS) is 16.6. The average molecular weight is 542 g/mol. The number of aliphatic hydroxyl groups is 1. The van der Waals surface area contributed by atoms with E-state index < -0.39 is 17.7 Å². The summed E-state index contributed by atoms with van der Waals surface area (Å²) in [5.74, 6) is 0.0878. The fourth-order valence-electron chi connectivity index (χ4n) is 4.60. The van der Waals surface area contributed by atoms with Gasteiger partial charge >= 0.3 is 0 Å². The average Bonchev–Trinajstić information content (AvgIpc) is 3.18. The van der Waals surface area contributed by atoms with Gasteiger partial charge in [0, 0.05) is 18.7 Å². The zero-order chi connectivity index (χ0) is 28.7. The van der Waals surface area contributed by atoms with E-state index in [-0.39, 0.29) is 24.0 Å². The summed E-state index contributed by atoms with van der Waals surface area (Å²) in [4.78, 5) is 28.2. The van der Waals surface area contributed by atoms with Crippen molar-refractivity contribution in [3.63, 3.8) is 0 Å². The number of nitrogens with zero attached hydrogens (tertiary/aromatic N) is 1. The Morgan fingerprint density at radius 3 is 2.18 bits per heavy atom. The Morgan fingerprint density at radius 1 is 0.974 bits per heavy atom. The number of amides is 1. The van der Waals surface area contributed by atoms with Crippen molar-refractivity contribution in [3.05, 3.63) is 52.6 Å². The lowest BCUT2D eigenvalue weighted by molar-refractivity contribution is -0.140. The van der Waals surface area contributed by atoms with E-state index in [0.29, 0.717) is 53.8 Å². The number of benzene rings is 2. The molecule has 1 amide bonds. The maximum Gasteiger partial charge on any atom is 0.295 e. The molecule has 1 heterocycles. The van der Waals surface area contributed by atoms with Crippen LogP contribution < -0.4 is 18.9 Å². The number of carbonyl (C=O) groups excluding carboxylic acids is 2. The van der Waals surface area contributed by atoms with Gasteiger partial charge in [0.15, 0.2) is 11.5 Å². The van der Waals surface area contributed by atoms with Gasteiger partial charge in [-0.2, -0.15) is 0 Å². The van der Waals surface area contributed by atoms with Crippen LogP contribution in [0.5, 0.6) is 23.0 Å². The van der Waals surface area contributed by atoms with Crippen LogP contribution in [0.4, 0.5) is 0 Å². The largest absolute Gasteiger partial charge is 0.507 e. The van der Waals surface area contributed by atoms with E-state index in [1.54, 1.807) is 30.3 Å². The number of ether oxygens (including phenoxy) is 5. The van der Waals surface area contributed by atoms with Crippen molar-refractivity contribution in [2.24, 2.45) is 0 Å². The molecule has 2 aromatic rings. The molecule has 1 aliphatic rings. The van der Waals surface area contributed by atoms with Crippen molar-refractivity contribution < 1.29 is 38.4 Å². The molecule has 0 radical (unpaired) electrons. The predicted molar refractivity (Wildman–Crippen MR) is 148 cm³/mol. The van der Waals surface area contributed by atoms with Crippen molar-refractivity contribution in [2.45, 2.75) is 52.7 Å². The van der Waals surface area contributed by atoms with Crippen LogP contribution in [0, 0.1) is 6.92 Å². The first kappa shape index (κ1) is 29.8. The molecule has 0 bridgehead atoms. The molecule has 0 spiro atoms. The van der Waals surface area contributed by atoms with E-state index in [9.17, 15) is 14.7 Å². The fraction of sp³-hybridized carbons (Fsp3) is 0.467. The molecule has 9 nitrogen and oxygen atoms in total. The molecule has 1 atom stereocenters. The summed E-state index contributed by atoms with van der Waals surface area (Å²) in [5, 5.41) is 11.5. The number of likely N-dealkylation sites (tertiary alicyclic amines) is 1. The van der Waals surface area contributed by atoms with Gasteiger partial charge in [0.05, 0.1) is 45.7 Å². The Bertz CT molecular complexity index is 1190. The smallest absolute Gasteiger partial charge is 0.295 e. The first-order chi connectivity index (χ1) is 18.7. The minimum Gasteiger partial charge on any atom is -0.507 e. The van der Waals surface area contributed by atoms with E-state index in [4.69, 9.17) is 23.7 Å². The third-order valence-corrected chi connectivity index (χ3v) is 6.45. The number of ketones is 1. The van der Waals surface area contributed by atoms with Crippen LogP contribution in [0.2, 0.25) is 0 Å². The van der Waals surface area contributed by atoms with Gasteiger partial charge in [-0.1, -0.05) is 6.92 Å². The molecular formula is C30H39NO8. The van der Waals surface area contributed by atoms with Crippen LogP contribution in [-0.2, 0) is 14.3 Å². The maximum atomic E-state index is 13.4. The zero-order valence-electron chi connectivity index (χ0n) is 23.8. The summed E-state index contributed by atoms with van der Waals surface area (Å²) in [5.41, 5.74) is 1.74. The van der Waals surface area contributed by atoms with E-state index >= 15 is 0 Å². The second-order valence-electron chi connectivity index (χ2n) is 9.55. The predicted octanol–water partition coefficient (Wildman–Crippen LogP) is 5.05. The van der Waals surface area contributed by atoms with Crippen LogP contribution in [0.1, 0.15) is 56.3 Å². The molecule has 1 aliphatic heterocycles. The number of hydrogen-bond donors (Lipinski definition) is 1. The van der Waals surface area contributed by atoms with Crippen LogP contribution >= 0.6 is 0 Å². The number of carbonyl (C=O) groups is 2. The first-order valence-corrected chi connectivity index (χ1v) is 13.1. The van der Waals surface area contributed by atoms with Gasteiger partial charge in [-0.05, 0) is 75.1 Å². The van der Waals surface area contributed by atoms with Crippen molar-refractivity contribution in [2.75, 3.05) is 41.1 Å². The van der Waals surface area contributed by atoms with Gasteiger partial charge in [-0.3, -0.25) is 9.59 Å². The van der Waals surface area contributed by atoms with Gasteiger partial charge in [0.1, 0.15) is 11.5 Å². The highest BCUT2D eigenvalue weighted by Crippen LogP contribution is 2.46. The second-order valence-corrected chi connectivity index (χ2v) is 9.55. The quantitative estimate of drug-likeness (QED) is 0.163. The molecule has 9 heteroatoms. The van der Waals surface area contributed by atoms with Gasteiger partial charge in [0.25, 0.3) is 11.7 Å². The van der Waals surface area contributed by atoms with E-state index in [2.05, 4.69) is 0 Å².